The Bertz CT molecular complexity index is 748. The molecule has 1 N–H and O–H groups in total. The number of hydrogen-bond acceptors (Lipinski definition) is 6. The molecular weight excluding hydrogens is 308 g/mol. The first-order chi connectivity index (χ1) is 9.38. The maximum atomic E-state index is 12.0. The number of hydrogen-bond donors (Lipinski definition) is 1. The molecule has 104 valence electrons. The molecule has 0 amide bonds. The summed E-state index contributed by atoms with van der Waals surface area (Å²) in [5, 5.41) is 17.8. The summed E-state index contributed by atoms with van der Waals surface area (Å²) >= 11 is 5.53. The highest BCUT2D eigenvalue weighted by Gasteiger charge is 2.18. The van der Waals surface area contributed by atoms with E-state index in [-0.39, 0.29) is 21.6 Å². The summed E-state index contributed by atoms with van der Waals surface area (Å²) in [6.45, 7) is 0. The van der Waals surface area contributed by atoms with Crippen molar-refractivity contribution >= 4 is 33.1 Å². The third kappa shape index (κ3) is 3.19. The van der Waals surface area contributed by atoms with E-state index < -0.39 is 14.9 Å². The van der Waals surface area contributed by atoms with Gasteiger partial charge in [-0.25, -0.2) is 8.42 Å². The van der Waals surface area contributed by atoms with Crippen LogP contribution >= 0.6 is 11.6 Å². The second-order valence-corrected chi connectivity index (χ2v) is 5.67. The minimum Gasteiger partial charge on any atom is -0.262 e. The maximum Gasteiger partial charge on any atom is 0.270 e. The van der Waals surface area contributed by atoms with Gasteiger partial charge in [-0.05, 0) is 18.2 Å². The van der Waals surface area contributed by atoms with Crippen LogP contribution in [0, 0.1) is 10.1 Å². The van der Waals surface area contributed by atoms with E-state index in [1.165, 1.54) is 30.3 Å². The SMILES string of the molecule is O=[N+]([O-])c1cccc(S(=O)(=O)Nc2ccc(Cl)nn2)c1. The van der Waals surface area contributed by atoms with Crippen LogP contribution in [0.25, 0.3) is 0 Å². The number of halogens is 1. The molecule has 10 heteroatoms. The van der Waals surface area contributed by atoms with Gasteiger partial charge in [0, 0.05) is 12.1 Å². The summed E-state index contributed by atoms with van der Waals surface area (Å²) in [5.74, 6) is -0.0408. The first kappa shape index (κ1) is 14.2. The summed E-state index contributed by atoms with van der Waals surface area (Å²) in [6.07, 6.45) is 0. The Morgan fingerprint density at radius 2 is 1.95 bits per heavy atom. The maximum absolute atomic E-state index is 12.0. The van der Waals surface area contributed by atoms with E-state index in [2.05, 4.69) is 14.9 Å². The third-order valence-corrected chi connectivity index (χ3v) is 3.76. The van der Waals surface area contributed by atoms with Gasteiger partial charge in [0.15, 0.2) is 11.0 Å². The van der Waals surface area contributed by atoms with Crippen LogP contribution in [0.4, 0.5) is 11.5 Å². The van der Waals surface area contributed by atoms with E-state index in [1.54, 1.807) is 0 Å². The van der Waals surface area contributed by atoms with E-state index in [4.69, 9.17) is 11.6 Å². The van der Waals surface area contributed by atoms with E-state index in [1.807, 2.05) is 0 Å². The molecule has 0 saturated carbocycles. The van der Waals surface area contributed by atoms with Crippen LogP contribution < -0.4 is 4.72 Å². The van der Waals surface area contributed by atoms with Crippen LogP contribution in [0.2, 0.25) is 5.15 Å². The van der Waals surface area contributed by atoms with Gasteiger partial charge in [-0.15, -0.1) is 10.2 Å². The van der Waals surface area contributed by atoms with Gasteiger partial charge < -0.3 is 0 Å². The lowest BCUT2D eigenvalue weighted by Crippen LogP contribution is -2.14. The molecule has 0 bridgehead atoms. The number of nitrogens with one attached hydrogen (secondary N) is 1. The monoisotopic (exact) mass is 314 g/mol. The molecule has 1 aromatic carbocycles. The zero-order valence-corrected chi connectivity index (χ0v) is 11.3. The summed E-state index contributed by atoms with van der Waals surface area (Å²) in [7, 11) is -3.98. The van der Waals surface area contributed by atoms with Crippen molar-refractivity contribution in [1.29, 1.82) is 0 Å². The Kier molecular flexibility index (Phi) is 3.81. The van der Waals surface area contributed by atoms with E-state index >= 15 is 0 Å². The molecule has 1 heterocycles. The number of rotatable bonds is 4. The lowest BCUT2D eigenvalue weighted by molar-refractivity contribution is -0.385. The fraction of sp³-hybridized carbons (Fsp3) is 0. The average Bonchev–Trinajstić information content (AvgIpc) is 2.41. The van der Waals surface area contributed by atoms with Gasteiger partial charge in [0.2, 0.25) is 0 Å². The number of nitrogens with zero attached hydrogens (tertiary/aromatic N) is 3. The van der Waals surface area contributed by atoms with Crippen LogP contribution in [0.15, 0.2) is 41.3 Å². The minimum absolute atomic E-state index is 0.0408. The highest BCUT2D eigenvalue weighted by atomic mass is 35.5. The summed E-state index contributed by atoms with van der Waals surface area (Å²) in [6, 6.07) is 7.34. The number of anilines is 1. The summed E-state index contributed by atoms with van der Waals surface area (Å²) < 4.78 is 26.2. The molecule has 0 aliphatic rings. The second kappa shape index (κ2) is 5.39. The first-order valence-corrected chi connectivity index (χ1v) is 7.01. The van der Waals surface area contributed by atoms with Gasteiger partial charge in [0.1, 0.15) is 0 Å². The molecular formula is C10H7ClN4O4S. The zero-order chi connectivity index (χ0) is 14.8. The Hall–Kier alpha value is -2.26. The highest BCUT2D eigenvalue weighted by Crippen LogP contribution is 2.19. The Morgan fingerprint density at radius 3 is 2.55 bits per heavy atom. The van der Waals surface area contributed by atoms with E-state index in [0.29, 0.717) is 0 Å². The zero-order valence-electron chi connectivity index (χ0n) is 9.72. The van der Waals surface area contributed by atoms with Crippen molar-refractivity contribution < 1.29 is 13.3 Å². The second-order valence-electron chi connectivity index (χ2n) is 3.60. The quantitative estimate of drug-likeness (QED) is 0.680. The molecule has 2 aromatic rings. The van der Waals surface area contributed by atoms with Crippen LogP contribution in [-0.4, -0.2) is 23.5 Å². The average molecular weight is 315 g/mol. The van der Waals surface area contributed by atoms with Gasteiger partial charge in [0.25, 0.3) is 15.7 Å². The third-order valence-electron chi connectivity index (χ3n) is 2.21. The number of nitro benzene ring substituents is 1. The Labute approximate surface area is 118 Å². The number of aromatic nitrogens is 2. The van der Waals surface area contributed by atoms with Crippen molar-refractivity contribution in [3.05, 3.63) is 51.7 Å². The fourth-order valence-corrected chi connectivity index (χ4v) is 2.47. The topological polar surface area (TPSA) is 115 Å². The van der Waals surface area contributed by atoms with Crippen molar-refractivity contribution in [1.82, 2.24) is 10.2 Å². The Morgan fingerprint density at radius 1 is 1.20 bits per heavy atom. The largest absolute Gasteiger partial charge is 0.270 e. The molecule has 2 rings (SSSR count). The first-order valence-electron chi connectivity index (χ1n) is 5.15. The minimum atomic E-state index is -3.98. The number of non-ortho nitro benzene ring substituents is 1. The van der Waals surface area contributed by atoms with Crippen molar-refractivity contribution in [3.8, 4) is 0 Å². The van der Waals surface area contributed by atoms with E-state index in [9.17, 15) is 18.5 Å². The molecule has 8 nitrogen and oxygen atoms in total. The smallest absolute Gasteiger partial charge is 0.262 e. The molecule has 0 spiro atoms. The molecule has 0 saturated heterocycles. The van der Waals surface area contributed by atoms with Crippen molar-refractivity contribution in [3.63, 3.8) is 0 Å². The van der Waals surface area contributed by atoms with Crippen LogP contribution in [0.1, 0.15) is 0 Å². The van der Waals surface area contributed by atoms with Crippen molar-refractivity contribution in [2.24, 2.45) is 0 Å². The lowest BCUT2D eigenvalue weighted by Gasteiger charge is -2.06. The van der Waals surface area contributed by atoms with Crippen LogP contribution in [0.3, 0.4) is 0 Å². The predicted molar refractivity (Wildman–Crippen MR) is 70.9 cm³/mol. The molecule has 0 fully saturated rings. The van der Waals surface area contributed by atoms with Gasteiger partial charge in [-0.1, -0.05) is 17.7 Å². The molecule has 0 aliphatic heterocycles. The van der Waals surface area contributed by atoms with Gasteiger partial charge in [0.05, 0.1) is 9.82 Å². The number of benzene rings is 1. The van der Waals surface area contributed by atoms with Crippen LogP contribution in [0.5, 0.6) is 0 Å². The van der Waals surface area contributed by atoms with Crippen LogP contribution in [-0.2, 0) is 10.0 Å². The number of sulfonamides is 1. The fourth-order valence-electron chi connectivity index (χ4n) is 1.33. The predicted octanol–water partition coefficient (Wildman–Crippen LogP) is 1.84. The molecule has 0 aliphatic carbocycles. The lowest BCUT2D eigenvalue weighted by atomic mass is 10.3. The highest BCUT2D eigenvalue weighted by molar-refractivity contribution is 7.92. The van der Waals surface area contributed by atoms with Gasteiger partial charge >= 0.3 is 0 Å². The molecule has 0 atom stereocenters. The normalized spacial score (nSPS) is 11.1. The summed E-state index contributed by atoms with van der Waals surface area (Å²) in [4.78, 5) is 9.70. The van der Waals surface area contributed by atoms with Crippen molar-refractivity contribution in [2.45, 2.75) is 4.90 Å². The van der Waals surface area contributed by atoms with Crippen molar-refractivity contribution in [2.75, 3.05) is 4.72 Å². The van der Waals surface area contributed by atoms with Gasteiger partial charge in [-0.2, -0.15) is 0 Å². The molecule has 1 aromatic heterocycles. The standard InChI is InChI=1S/C10H7ClN4O4S/c11-9-4-5-10(13-12-9)14-20(18,19)8-3-1-2-7(6-8)15(16)17/h1-6H,(H,13,14). The van der Waals surface area contributed by atoms with E-state index in [0.717, 1.165) is 6.07 Å². The Balaban J connectivity index is 2.33. The summed E-state index contributed by atoms with van der Waals surface area (Å²) in [5.41, 5.74) is -0.324. The molecule has 0 unspecified atom stereocenters. The van der Waals surface area contributed by atoms with Gasteiger partial charge in [-0.3, -0.25) is 14.8 Å². The molecule has 0 radical (unpaired) electrons. The number of nitro groups is 1. The molecule has 20 heavy (non-hydrogen) atoms.